The average Bonchev–Trinajstić information content (AvgIpc) is 2.55. The van der Waals surface area contributed by atoms with E-state index in [2.05, 4.69) is 31.2 Å². The number of pyridine rings is 2. The Hall–Kier alpha value is -2.61. The van der Waals surface area contributed by atoms with E-state index in [1.54, 1.807) is 12.1 Å². The van der Waals surface area contributed by atoms with Gasteiger partial charge in [-0.3, -0.25) is 9.78 Å². The third-order valence-corrected chi connectivity index (χ3v) is 3.88. The van der Waals surface area contributed by atoms with Gasteiger partial charge in [-0.1, -0.05) is 0 Å². The Morgan fingerprint density at radius 2 is 1.96 bits per heavy atom. The first-order valence-electron chi connectivity index (χ1n) is 6.82. The smallest absolute Gasteiger partial charge is 0.274 e. The lowest BCUT2D eigenvalue weighted by molar-refractivity contribution is 0.0943. The Balaban J connectivity index is 1.87. The summed E-state index contributed by atoms with van der Waals surface area (Å²) in [7, 11) is 0. The van der Waals surface area contributed by atoms with Gasteiger partial charge in [-0.2, -0.15) is 0 Å². The number of amides is 1. The minimum atomic E-state index is -0.738. The van der Waals surface area contributed by atoms with Gasteiger partial charge < -0.3 is 10.4 Å². The molecule has 2 heterocycles. The Bertz CT molecular complexity index is 930. The maximum Gasteiger partial charge on any atom is 0.274 e. The van der Waals surface area contributed by atoms with Crippen molar-refractivity contribution in [3.8, 4) is 5.75 Å². The van der Waals surface area contributed by atoms with Crippen LogP contribution >= 0.6 is 15.9 Å². The number of nitrogens with zero attached hydrogens (tertiary/aromatic N) is 2. The van der Waals surface area contributed by atoms with Crippen LogP contribution in [0, 0.1) is 11.6 Å². The van der Waals surface area contributed by atoms with Crippen LogP contribution in [-0.4, -0.2) is 21.0 Å². The van der Waals surface area contributed by atoms with E-state index in [0.29, 0.717) is 9.99 Å². The summed E-state index contributed by atoms with van der Waals surface area (Å²) in [6, 6.07) is 6.32. The molecule has 0 bridgehead atoms. The van der Waals surface area contributed by atoms with Gasteiger partial charge >= 0.3 is 0 Å². The van der Waals surface area contributed by atoms with E-state index in [1.807, 2.05) is 0 Å². The van der Waals surface area contributed by atoms with E-state index < -0.39 is 17.5 Å². The number of rotatable bonds is 3. The van der Waals surface area contributed by atoms with E-state index in [0.717, 1.165) is 18.2 Å². The van der Waals surface area contributed by atoms with Gasteiger partial charge in [0.2, 0.25) is 0 Å². The molecule has 8 heteroatoms. The normalized spacial score (nSPS) is 10.8. The van der Waals surface area contributed by atoms with Crippen molar-refractivity contribution in [3.05, 3.63) is 64.0 Å². The average molecular weight is 394 g/mol. The van der Waals surface area contributed by atoms with Crippen molar-refractivity contribution in [1.82, 2.24) is 15.3 Å². The molecule has 0 aliphatic heterocycles. The number of hydrogen-bond donors (Lipinski definition) is 2. The van der Waals surface area contributed by atoms with Crippen LogP contribution in [0.3, 0.4) is 0 Å². The summed E-state index contributed by atoms with van der Waals surface area (Å²) < 4.78 is 26.6. The number of fused-ring (bicyclic) bond motifs is 1. The fourth-order valence-electron chi connectivity index (χ4n) is 2.22. The summed E-state index contributed by atoms with van der Waals surface area (Å²) in [4.78, 5) is 20.3. The van der Waals surface area contributed by atoms with Gasteiger partial charge in [0.25, 0.3) is 5.91 Å². The predicted octanol–water partition coefficient (Wildman–Crippen LogP) is 3.31. The summed E-state index contributed by atoms with van der Waals surface area (Å²) in [6.45, 7) is -0.119. The number of carbonyl (C=O) groups excluding carboxylic acids is 1. The Morgan fingerprint density at radius 1 is 1.25 bits per heavy atom. The second-order valence-electron chi connectivity index (χ2n) is 4.96. The largest absolute Gasteiger partial charge is 0.504 e. The molecule has 3 rings (SSSR count). The summed E-state index contributed by atoms with van der Waals surface area (Å²) in [5.41, 5.74) is 0.240. The lowest BCUT2D eigenvalue weighted by Crippen LogP contribution is -2.24. The number of aromatic nitrogens is 2. The molecule has 1 amide bonds. The maximum atomic E-state index is 13.1. The zero-order valence-corrected chi connectivity index (χ0v) is 13.6. The van der Waals surface area contributed by atoms with Crippen LogP contribution in [0.4, 0.5) is 8.78 Å². The van der Waals surface area contributed by atoms with E-state index in [-0.39, 0.29) is 29.1 Å². The molecule has 24 heavy (non-hydrogen) atoms. The topological polar surface area (TPSA) is 75.1 Å². The third-order valence-electron chi connectivity index (χ3n) is 3.28. The molecule has 5 nitrogen and oxygen atoms in total. The quantitative estimate of drug-likeness (QED) is 0.669. The molecule has 0 radical (unpaired) electrons. The first-order valence-corrected chi connectivity index (χ1v) is 7.61. The first-order chi connectivity index (χ1) is 11.5. The van der Waals surface area contributed by atoms with Gasteiger partial charge in [-0.25, -0.2) is 13.8 Å². The summed E-state index contributed by atoms with van der Waals surface area (Å²) in [5, 5.41) is 13.2. The van der Waals surface area contributed by atoms with E-state index >= 15 is 0 Å². The molecule has 0 fully saturated rings. The number of benzene rings is 1. The molecule has 0 atom stereocenters. The molecular weight excluding hydrogens is 384 g/mol. The minimum absolute atomic E-state index is 0.119. The molecule has 0 spiro atoms. The van der Waals surface area contributed by atoms with Crippen LogP contribution in [0.25, 0.3) is 10.9 Å². The van der Waals surface area contributed by atoms with Crippen LogP contribution in [0.1, 0.15) is 16.1 Å². The van der Waals surface area contributed by atoms with Crippen LogP contribution in [0.15, 0.2) is 41.1 Å². The highest BCUT2D eigenvalue weighted by Crippen LogP contribution is 2.30. The third kappa shape index (κ3) is 3.18. The highest BCUT2D eigenvalue weighted by atomic mass is 79.9. The molecule has 1 aromatic carbocycles. The van der Waals surface area contributed by atoms with Gasteiger partial charge in [0.05, 0.1) is 0 Å². The highest BCUT2D eigenvalue weighted by Gasteiger charge is 2.19. The van der Waals surface area contributed by atoms with Gasteiger partial charge in [-0.05, 0) is 45.8 Å². The summed E-state index contributed by atoms with van der Waals surface area (Å²) >= 11 is 3.22. The van der Waals surface area contributed by atoms with Crippen molar-refractivity contribution in [2.45, 2.75) is 6.54 Å². The number of hydrogen-bond acceptors (Lipinski definition) is 4. The Labute approximate surface area is 143 Å². The number of aromatic hydroxyl groups is 1. The van der Waals surface area contributed by atoms with E-state index in [1.165, 1.54) is 6.20 Å². The number of halogens is 3. The van der Waals surface area contributed by atoms with Crippen molar-refractivity contribution in [2.75, 3.05) is 0 Å². The van der Waals surface area contributed by atoms with Crippen molar-refractivity contribution < 1.29 is 18.7 Å². The van der Waals surface area contributed by atoms with Crippen molar-refractivity contribution in [2.24, 2.45) is 0 Å². The van der Waals surface area contributed by atoms with E-state index in [4.69, 9.17) is 0 Å². The molecule has 0 saturated carbocycles. The standard InChI is InChI=1S/C16H10BrF2N3O2/c17-15-11-2-1-3-20-12(11)14(23)13(22-15)16(24)21-7-8-4-9(18)6-10(19)5-8/h1-6,23H,7H2,(H,21,24). The summed E-state index contributed by atoms with van der Waals surface area (Å²) in [6.07, 6.45) is 1.48. The van der Waals surface area contributed by atoms with Crippen molar-refractivity contribution in [1.29, 1.82) is 0 Å². The van der Waals surface area contributed by atoms with Gasteiger partial charge in [0, 0.05) is 24.2 Å². The Morgan fingerprint density at radius 3 is 2.67 bits per heavy atom. The number of carbonyl (C=O) groups is 1. The molecule has 0 saturated heterocycles. The second-order valence-corrected chi connectivity index (χ2v) is 5.71. The monoisotopic (exact) mass is 393 g/mol. The molecule has 0 aliphatic rings. The molecule has 2 N–H and O–H groups in total. The molecule has 2 aromatic heterocycles. The second kappa shape index (κ2) is 6.48. The van der Waals surface area contributed by atoms with Crippen molar-refractivity contribution >= 4 is 32.7 Å². The fraction of sp³-hybridized carbons (Fsp3) is 0.0625. The zero-order valence-electron chi connectivity index (χ0n) is 12.1. The number of nitrogens with one attached hydrogen (secondary N) is 1. The molecule has 0 unspecified atom stereocenters. The SMILES string of the molecule is O=C(NCc1cc(F)cc(F)c1)c1nc(Br)c2cccnc2c1O. The van der Waals surface area contributed by atoms with Gasteiger partial charge in [0.1, 0.15) is 21.8 Å². The van der Waals surface area contributed by atoms with E-state index in [9.17, 15) is 18.7 Å². The summed E-state index contributed by atoms with van der Waals surface area (Å²) in [5.74, 6) is -2.53. The predicted molar refractivity (Wildman–Crippen MR) is 86.4 cm³/mol. The lowest BCUT2D eigenvalue weighted by atomic mass is 10.2. The molecule has 3 aromatic rings. The maximum absolute atomic E-state index is 13.1. The van der Waals surface area contributed by atoms with Crippen LogP contribution in [0.2, 0.25) is 0 Å². The van der Waals surface area contributed by atoms with Crippen LogP contribution in [-0.2, 0) is 6.54 Å². The van der Waals surface area contributed by atoms with Gasteiger partial charge in [-0.15, -0.1) is 0 Å². The van der Waals surface area contributed by atoms with Gasteiger partial charge in [0.15, 0.2) is 11.4 Å². The minimum Gasteiger partial charge on any atom is -0.504 e. The highest BCUT2D eigenvalue weighted by molar-refractivity contribution is 9.10. The fourth-order valence-corrected chi connectivity index (χ4v) is 2.72. The first kappa shape index (κ1) is 16.3. The van der Waals surface area contributed by atoms with Crippen LogP contribution < -0.4 is 5.32 Å². The molecule has 122 valence electrons. The van der Waals surface area contributed by atoms with Crippen molar-refractivity contribution in [3.63, 3.8) is 0 Å². The lowest BCUT2D eigenvalue weighted by Gasteiger charge is -2.09. The molecular formula is C16H10BrF2N3O2. The Kier molecular flexibility index (Phi) is 4.39. The zero-order chi connectivity index (χ0) is 17.3. The van der Waals surface area contributed by atoms with Crippen LogP contribution in [0.5, 0.6) is 5.75 Å². The molecule has 0 aliphatic carbocycles.